The van der Waals surface area contributed by atoms with Gasteiger partial charge in [0.05, 0.1) is 12.0 Å². The second kappa shape index (κ2) is 7.62. The fourth-order valence-corrected chi connectivity index (χ4v) is 2.80. The van der Waals surface area contributed by atoms with Gasteiger partial charge in [-0.15, -0.1) is 0 Å². The van der Waals surface area contributed by atoms with Crippen LogP contribution < -0.4 is 10.6 Å². The second-order valence-electron chi connectivity index (χ2n) is 6.18. The average molecular weight is 389 g/mol. The third-order valence-corrected chi connectivity index (χ3v) is 4.43. The molecule has 0 fully saturated rings. The Bertz CT molecular complexity index is 742. The van der Waals surface area contributed by atoms with E-state index in [1.165, 1.54) is 0 Å². The molecule has 0 aromatic heterocycles. The minimum Gasteiger partial charge on any atom is -0.346 e. The van der Waals surface area contributed by atoms with Crippen LogP contribution in [0.4, 0.5) is 5.69 Å². The highest BCUT2D eigenvalue weighted by molar-refractivity contribution is 9.10. The molecule has 0 heterocycles. The van der Waals surface area contributed by atoms with Crippen LogP contribution in [-0.2, 0) is 15.0 Å². The number of benzene rings is 2. The van der Waals surface area contributed by atoms with Crippen molar-refractivity contribution in [3.8, 4) is 0 Å². The highest BCUT2D eigenvalue weighted by Gasteiger charge is 2.29. The van der Waals surface area contributed by atoms with Gasteiger partial charge in [-0.2, -0.15) is 0 Å². The summed E-state index contributed by atoms with van der Waals surface area (Å²) in [6, 6.07) is 15.1. The van der Waals surface area contributed by atoms with Gasteiger partial charge < -0.3 is 10.6 Å². The zero-order valence-electron chi connectivity index (χ0n) is 14.0. The number of carbonyl (C=O) groups is 2. The predicted octanol–water partition coefficient (Wildman–Crippen LogP) is 3.79. The molecule has 2 amide bonds. The first kappa shape index (κ1) is 18.2. The van der Waals surface area contributed by atoms with E-state index in [0.29, 0.717) is 0 Å². The fourth-order valence-electron chi connectivity index (χ4n) is 2.33. The lowest BCUT2D eigenvalue weighted by molar-refractivity contribution is -0.127. The Kier molecular flexibility index (Phi) is 5.78. The van der Waals surface area contributed by atoms with Crippen molar-refractivity contribution in [2.24, 2.45) is 0 Å². The summed E-state index contributed by atoms with van der Waals surface area (Å²) in [7, 11) is 0. The van der Waals surface area contributed by atoms with Crippen molar-refractivity contribution in [3.05, 3.63) is 64.1 Å². The van der Waals surface area contributed by atoms with E-state index in [0.717, 1.165) is 21.3 Å². The van der Waals surface area contributed by atoms with Crippen LogP contribution >= 0.6 is 15.9 Å². The number of hydrogen-bond acceptors (Lipinski definition) is 2. The summed E-state index contributed by atoms with van der Waals surface area (Å²) in [6.45, 7) is 5.53. The summed E-state index contributed by atoms with van der Waals surface area (Å²) < 4.78 is 0.955. The first-order chi connectivity index (χ1) is 11.3. The zero-order chi connectivity index (χ0) is 17.7. The van der Waals surface area contributed by atoms with Crippen molar-refractivity contribution in [1.82, 2.24) is 5.32 Å². The molecule has 0 bridgehead atoms. The summed E-state index contributed by atoms with van der Waals surface area (Å²) in [4.78, 5) is 24.5. The van der Waals surface area contributed by atoms with E-state index < -0.39 is 5.41 Å². The summed E-state index contributed by atoms with van der Waals surface area (Å²) in [5, 5.41) is 5.52. The van der Waals surface area contributed by atoms with Crippen LogP contribution in [0.25, 0.3) is 0 Å². The van der Waals surface area contributed by atoms with Crippen molar-refractivity contribution in [3.63, 3.8) is 0 Å². The van der Waals surface area contributed by atoms with Gasteiger partial charge in [-0.05, 0) is 50.1 Å². The molecule has 4 nitrogen and oxygen atoms in total. The highest BCUT2D eigenvalue weighted by Crippen LogP contribution is 2.23. The lowest BCUT2D eigenvalue weighted by Crippen LogP contribution is -2.43. The number of anilines is 1. The Balaban J connectivity index is 1.95. The van der Waals surface area contributed by atoms with Gasteiger partial charge in [0.25, 0.3) is 0 Å². The van der Waals surface area contributed by atoms with Crippen molar-refractivity contribution >= 4 is 33.4 Å². The summed E-state index contributed by atoms with van der Waals surface area (Å²) in [5.41, 5.74) is 1.90. The number of hydrogen-bond donors (Lipinski definition) is 2. The van der Waals surface area contributed by atoms with Gasteiger partial charge in [-0.3, -0.25) is 9.59 Å². The van der Waals surface area contributed by atoms with Crippen molar-refractivity contribution < 1.29 is 9.59 Å². The van der Waals surface area contributed by atoms with Crippen LogP contribution in [0.3, 0.4) is 0 Å². The van der Waals surface area contributed by atoms with E-state index in [4.69, 9.17) is 0 Å². The number of rotatable bonds is 5. The maximum atomic E-state index is 12.4. The van der Waals surface area contributed by atoms with E-state index >= 15 is 0 Å². The zero-order valence-corrected chi connectivity index (χ0v) is 15.6. The minimum atomic E-state index is -0.699. The molecule has 126 valence electrons. The monoisotopic (exact) mass is 388 g/mol. The van der Waals surface area contributed by atoms with Gasteiger partial charge in [-0.1, -0.05) is 46.3 Å². The Labute approximate surface area is 150 Å². The first-order valence-corrected chi connectivity index (χ1v) is 8.50. The van der Waals surface area contributed by atoms with Gasteiger partial charge in [0.1, 0.15) is 0 Å². The fraction of sp³-hybridized carbons (Fsp3) is 0.263. The third kappa shape index (κ3) is 4.45. The van der Waals surface area contributed by atoms with Crippen LogP contribution in [0.15, 0.2) is 53.0 Å². The Morgan fingerprint density at radius 2 is 1.75 bits per heavy atom. The molecule has 0 aliphatic heterocycles. The molecule has 0 aliphatic carbocycles. The van der Waals surface area contributed by atoms with E-state index in [9.17, 15) is 9.59 Å². The molecule has 2 rings (SSSR count). The van der Waals surface area contributed by atoms with Gasteiger partial charge in [0.15, 0.2) is 0 Å². The van der Waals surface area contributed by atoms with E-state index in [-0.39, 0.29) is 18.4 Å². The molecule has 0 saturated heterocycles. The SMILES string of the molecule is Cc1cc(Br)ccc1NC(=O)CNC(=O)C(C)(C)c1ccccc1. The third-order valence-electron chi connectivity index (χ3n) is 3.94. The molecular weight excluding hydrogens is 368 g/mol. The van der Waals surface area contributed by atoms with E-state index in [1.54, 1.807) is 0 Å². The quantitative estimate of drug-likeness (QED) is 0.818. The van der Waals surface area contributed by atoms with Crippen LogP contribution in [0.2, 0.25) is 0 Å². The van der Waals surface area contributed by atoms with Crippen molar-refractivity contribution in [2.75, 3.05) is 11.9 Å². The summed E-state index contributed by atoms with van der Waals surface area (Å²) in [5.74, 6) is -0.436. The van der Waals surface area contributed by atoms with Crippen LogP contribution in [0.5, 0.6) is 0 Å². The minimum absolute atomic E-state index is 0.0649. The molecule has 2 aromatic carbocycles. The molecule has 0 radical (unpaired) electrons. The molecule has 2 aromatic rings. The first-order valence-electron chi connectivity index (χ1n) is 7.70. The topological polar surface area (TPSA) is 58.2 Å². The number of carbonyl (C=O) groups excluding carboxylic acids is 2. The van der Waals surface area contributed by atoms with Crippen LogP contribution in [0.1, 0.15) is 25.0 Å². The van der Waals surface area contributed by atoms with Gasteiger partial charge in [-0.25, -0.2) is 0 Å². The molecule has 0 spiro atoms. The molecule has 0 aliphatic rings. The molecule has 0 saturated carbocycles. The molecule has 5 heteroatoms. The maximum absolute atomic E-state index is 12.4. The predicted molar refractivity (Wildman–Crippen MR) is 100.0 cm³/mol. The number of amides is 2. The van der Waals surface area contributed by atoms with Crippen molar-refractivity contribution in [1.29, 1.82) is 0 Å². The molecule has 24 heavy (non-hydrogen) atoms. The Morgan fingerprint density at radius 1 is 1.08 bits per heavy atom. The Hall–Kier alpha value is -2.14. The standard InChI is InChI=1S/C19H21BrN2O2/c1-13-11-15(20)9-10-16(13)22-17(23)12-21-18(24)19(2,3)14-7-5-4-6-8-14/h4-11H,12H2,1-3H3,(H,21,24)(H,22,23). The molecule has 0 unspecified atom stereocenters. The highest BCUT2D eigenvalue weighted by atomic mass is 79.9. The number of nitrogens with one attached hydrogen (secondary N) is 2. The second-order valence-corrected chi connectivity index (χ2v) is 7.10. The summed E-state index contributed by atoms with van der Waals surface area (Å²) >= 11 is 3.39. The molecule has 2 N–H and O–H groups in total. The van der Waals surface area contributed by atoms with Crippen LogP contribution in [-0.4, -0.2) is 18.4 Å². The lowest BCUT2D eigenvalue weighted by atomic mass is 9.84. The lowest BCUT2D eigenvalue weighted by Gasteiger charge is -2.24. The van der Waals surface area contributed by atoms with Crippen LogP contribution in [0, 0.1) is 6.92 Å². The number of halogens is 1. The van der Waals surface area contributed by atoms with Gasteiger partial charge in [0, 0.05) is 10.2 Å². The van der Waals surface area contributed by atoms with E-state index in [1.807, 2.05) is 69.3 Å². The van der Waals surface area contributed by atoms with Gasteiger partial charge >= 0.3 is 0 Å². The van der Waals surface area contributed by atoms with Gasteiger partial charge in [0.2, 0.25) is 11.8 Å². The molecule has 0 atom stereocenters. The summed E-state index contributed by atoms with van der Waals surface area (Å²) in [6.07, 6.45) is 0. The van der Waals surface area contributed by atoms with Crippen molar-refractivity contribution in [2.45, 2.75) is 26.2 Å². The smallest absolute Gasteiger partial charge is 0.243 e. The van der Waals surface area contributed by atoms with E-state index in [2.05, 4.69) is 26.6 Å². The average Bonchev–Trinajstić information content (AvgIpc) is 2.56. The molecular formula is C19H21BrN2O2. The largest absolute Gasteiger partial charge is 0.346 e. The number of aryl methyl sites for hydroxylation is 1. The Morgan fingerprint density at radius 3 is 2.38 bits per heavy atom. The normalized spacial score (nSPS) is 11.0. The maximum Gasteiger partial charge on any atom is 0.243 e.